The molecule has 0 N–H and O–H groups in total. The minimum atomic E-state index is -0.281. The molecule has 0 amide bonds. The third-order valence-electron chi connectivity index (χ3n) is 4.09. The van der Waals surface area contributed by atoms with Crippen molar-refractivity contribution < 1.29 is 0 Å². The lowest BCUT2D eigenvalue weighted by molar-refractivity contribution is 0.399. The topological polar surface area (TPSA) is 3.24 Å². The van der Waals surface area contributed by atoms with Crippen molar-refractivity contribution in [1.29, 1.82) is 0 Å². The molecule has 2 aliphatic heterocycles. The van der Waals surface area contributed by atoms with Crippen molar-refractivity contribution >= 4 is 28.8 Å². The third-order valence-corrected chi connectivity index (χ3v) is 16.1. The second kappa shape index (κ2) is 5.61. The van der Waals surface area contributed by atoms with E-state index in [-0.39, 0.29) is 32.2 Å². The highest BCUT2D eigenvalue weighted by Crippen LogP contribution is 2.91. The summed E-state index contributed by atoms with van der Waals surface area (Å²) in [4.78, 5) is 0. The molecule has 4 heteroatoms. The predicted octanol–water partition coefficient (Wildman–Crippen LogP) is 8.25. The molecule has 0 saturated heterocycles. The van der Waals surface area contributed by atoms with Crippen molar-refractivity contribution in [3.63, 3.8) is 0 Å². The Kier molecular flexibility index (Phi) is 4.89. The molecule has 0 saturated carbocycles. The molecule has 2 atom stereocenters. The summed E-state index contributed by atoms with van der Waals surface area (Å²) in [5.41, 5.74) is 1.11. The Morgan fingerprint density at radius 1 is 0.652 bits per heavy atom. The summed E-state index contributed by atoms with van der Waals surface area (Å²) in [6.45, 7) is 29.1. The largest absolute Gasteiger partial charge is 0.237 e. The first-order valence-corrected chi connectivity index (χ1v) is 12.9. The van der Waals surface area contributed by atoms with E-state index in [1.807, 2.05) is 5.03 Å². The molecule has 0 aromatic heterocycles. The van der Waals surface area contributed by atoms with E-state index in [4.69, 9.17) is 0 Å². The molecule has 2 unspecified atom stereocenters. The van der Waals surface area contributed by atoms with Gasteiger partial charge in [-0.05, 0) is 55.5 Å². The van der Waals surface area contributed by atoms with Crippen LogP contribution in [0.3, 0.4) is 0 Å². The number of rotatable bonds is 0. The number of allylic oxidation sites excluding steroid dienone is 2. The van der Waals surface area contributed by atoms with Gasteiger partial charge >= 0.3 is 0 Å². The summed E-state index contributed by atoms with van der Waals surface area (Å²) in [6, 6.07) is 0. The van der Waals surface area contributed by atoms with Gasteiger partial charge in [0.25, 0.3) is 0 Å². The summed E-state index contributed by atoms with van der Waals surface area (Å²) in [6.07, 6.45) is 0. The molecule has 2 bridgehead atoms. The zero-order valence-corrected chi connectivity index (χ0v) is 20.0. The number of nitrogens with zero attached hydrogens (tertiary/aromatic N) is 1. The third kappa shape index (κ3) is 3.51. The maximum absolute atomic E-state index is 2.95. The van der Waals surface area contributed by atoms with Gasteiger partial charge in [-0.3, -0.25) is 0 Å². The van der Waals surface area contributed by atoms with Gasteiger partial charge in [-0.1, -0.05) is 62.3 Å². The molecule has 0 aromatic carbocycles. The molecular formula is C19H36NP3. The molecule has 0 spiro atoms. The van der Waals surface area contributed by atoms with E-state index >= 15 is 0 Å². The van der Waals surface area contributed by atoms with Crippen LogP contribution >= 0.6 is 23.7 Å². The average Bonchev–Trinajstić information content (AvgIpc) is 2.76. The van der Waals surface area contributed by atoms with Crippen molar-refractivity contribution in [2.75, 3.05) is 0 Å². The van der Waals surface area contributed by atoms with E-state index in [0.717, 1.165) is 0 Å². The fourth-order valence-corrected chi connectivity index (χ4v) is 18.8. The van der Waals surface area contributed by atoms with Crippen LogP contribution in [0.25, 0.3) is 0 Å². The molecule has 2 rings (SSSR count). The van der Waals surface area contributed by atoms with E-state index in [9.17, 15) is 0 Å². The summed E-state index contributed by atoms with van der Waals surface area (Å²) in [5, 5.41) is 5.41. The van der Waals surface area contributed by atoms with E-state index in [1.54, 1.807) is 18.5 Å². The standard InChI is InChI=1S/C19H36NP3/c1-16(2,3)13-14(17(4,5)6)23-20(19(10,11)12)22(13)15(21-23)18(7,8)9/h1-12H3. The van der Waals surface area contributed by atoms with Gasteiger partial charge in [0.2, 0.25) is 0 Å². The smallest absolute Gasteiger partial charge is 0.0523 e. The highest BCUT2D eigenvalue weighted by Gasteiger charge is 2.57. The molecule has 0 radical (unpaired) electrons. The van der Waals surface area contributed by atoms with Crippen LogP contribution in [-0.2, 0) is 0 Å². The first-order chi connectivity index (χ1) is 9.97. The van der Waals surface area contributed by atoms with Gasteiger partial charge in [-0.2, -0.15) is 0 Å². The Labute approximate surface area is 149 Å². The quantitative estimate of drug-likeness (QED) is 0.387. The molecule has 23 heavy (non-hydrogen) atoms. The minimum absolute atomic E-state index is 0.202. The molecule has 1 nitrogen and oxygen atoms in total. The van der Waals surface area contributed by atoms with Crippen LogP contribution in [0.2, 0.25) is 0 Å². The molecule has 0 fully saturated rings. The van der Waals surface area contributed by atoms with Gasteiger partial charge in [0, 0.05) is 18.6 Å². The van der Waals surface area contributed by atoms with Crippen molar-refractivity contribution in [2.45, 2.75) is 88.6 Å². The highest BCUT2D eigenvalue weighted by molar-refractivity contribution is 8.32. The Balaban J connectivity index is 2.71. The van der Waals surface area contributed by atoms with Gasteiger partial charge in [0.1, 0.15) is 0 Å². The molecule has 2 heterocycles. The Bertz CT molecular complexity index is 559. The zero-order chi connectivity index (χ0) is 18.2. The normalized spacial score (nSPS) is 27.7. The van der Waals surface area contributed by atoms with Crippen LogP contribution in [0.15, 0.2) is 10.6 Å². The summed E-state index contributed by atoms with van der Waals surface area (Å²) in [7, 11) is 1.16. The lowest BCUT2D eigenvalue weighted by Crippen LogP contribution is -2.33. The van der Waals surface area contributed by atoms with Gasteiger partial charge in [-0.25, -0.2) is 4.44 Å². The molecule has 2 aliphatic rings. The Hall–Kier alpha value is 0.730. The number of fused-ring (bicyclic) bond motifs is 2. The number of hydrogen-bond acceptors (Lipinski definition) is 1. The van der Waals surface area contributed by atoms with Crippen molar-refractivity contribution in [3.05, 3.63) is 10.6 Å². The van der Waals surface area contributed by atoms with E-state index in [1.165, 1.54) is 0 Å². The van der Waals surface area contributed by atoms with E-state index < -0.39 is 0 Å². The fourth-order valence-electron chi connectivity index (χ4n) is 3.27. The lowest BCUT2D eigenvalue weighted by atomic mass is 9.88. The van der Waals surface area contributed by atoms with Crippen LogP contribution in [0.4, 0.5) is 0 Å². The van der Waals surface area contributed by atoms with Crippen LogP contribution < -0.4 is 0 Å². The molecule has 132 valence electrons. The van der Waals surface area contributed by atoms with Crippen molar-refractivity contribution in [2.24, 2.45) is 16.2 Å². The van der Waals surface area contributed by atoms with E-state index in [0.29, 0.717) is 5.41 Å². The highest BCUT2D eigenvalue weighted by atomic mass is 32.0. The summed E-state index contributed by atoms with van der Waals surface area (Å²) in [5.74, 6) is 0. The Morgan fingerprint density at radius 2 is 1.09 bits per heavy atom. The van der Waals surface area contributed by atoms with Gasteiger partial charge in [0.15, 0.2) is 0 Å². The van der Waals surface area contributed by atoms with Crippen LogP contribution in [0.5, 0.6) is 0 Å². The van der Waals surface area contributed by atoms with Gasteiger partial charge in [-0.15, -0.1) is 0 Å². The summed E-state index contributed by atoms with van der Waals surface area (Å²) >= 11 is 0. The molecule has 0 aliphatic carbocycles. The van der Waals surface area contributed by atoms with Crippen LogP contribution in [-0.4, -0.2) is 15.0 Å². The molecule has 0 aromatic rings. The Morgan fingerprint density at radius 3 is 1.39 bits per heavy atom. The van der Waals surface area contributed by atoms with Crippen LogP contribution in [0.1, 0.15) is 83.1 Å². The van der Waals surface area contributed by atoms with E-state index in [2.05, 4.69) is 87.5 Å². The second-order valence-corrected chi connectivity index (χ2v) is 17.3. The predicted molar refractivity (Wildman–Crippen MR) is 113 cm³/mol. The fraction of sp³-hybridized carbons (Fsp3) is 0.842. The second-order valence-electron chi connectivity index (χ2n) is 10.9. The van der Waals surface area contributed by atoms with Crippen molar-refractivity contribution in [3.8, 4) is 0 Å². The van der Waals surface area contributed by atoms with Gasteiger partial charge < -0.3 is 0 Å². The monoisotopic (exact) mass is 371 g/mol. The SMILES string of the molecule is CC(C)(C)C1=PP2C(C(C)(C)C)=C(C(C)(C)C)P1N2C(C)(C)C. The first-order valence-electron chi connectivity index (χ1n) is 8.72. The lowest BCUT2D eigenvalue weighted by Gasteiger charge is -2.40. The average molecular weight is 371 g/mol. The maximum Gasteiger partial charge on any atom is 0.0523 e. The molecular weight excluding hydrogens is 335 g/mol. The maximum atomic E-state index is 2.95. The van der Waals surface area contributed by atoms with Gasteiger partial charge in [0.05, 0.1) is 7.76 Å². The number of hydrogen-bond donors (Lipinski definition) is 0. The van der Waals surface area contributed by atoms with Crippen molar-refractivity contribution in [1.82, 2.24) is 4.44 Å². The summed E-state index contributed by atoms with van der Waals surface area (Å²) < 4.78 is 2.95. The van der Waals surface area contributed by atoms with Crippen LogP contribution in [0, 0.1) is 16.2 Å². The zero-order valence-electron chi connectivity index (χ0n) is 17.3. The first kappa shape index (κ1) is 20.0. The minimum Gasteiger partial charge on any atom is -0.237 e.